The summed E-state index contributed by atoms with van der Waals surface area (Å²) in [6.45, 7) is 0.398. The van der Waals surface area contributed by atoms with Crippen molar-refractivity contribution in [2.24, 2.45) is 0 Å². The van der Waals surface area contributed by atoms with Crippen molar-refractivity contribution in [3.8, 4) is 5.75 Å². The van der Waals surface area contributed by atoms with Gasteiger partial charge in [0.15, 0.2) is 9.84 Å². The summed E-state index contributed by atoms with van der Waals surface area (Å²) in [4.78, 5) is 13.9. The topological polar surface area (TPSA) is 90.7 Å². The van der Waals surface area contributed by atoms with E-state index < -0.39 is 38.7 Å². The van der Waals surface area contributed by atoms with E-state index in [4.69, 9.17) is 4.74 Å². The van der Waals surface area contributed by atoms with Crippen LogP contribution >= 0.6 is 0 Å². The molecule has 2 aromatic rings. The predicted octanol–water partition coefficient (Wildman–Crippen LogP) is 1.49. The number of benzene rings is 1. The third kappa shape index (κ3) is 4.29. The van der Waals surface area contributed by atoms with E-state index in [2.05, 4.69) is 9.84 Å². The molecule has 162 valence electrons. The van der Waals surface area contributed by atoms with E-state index in [-0.39, 0.29) is 37.6 Å². The maximum Gasteiger partial charge on any atom is 0.573 e. The number of likely N-dealkylation sites (tertiary alicyclic amines) is 1. The number of rotatable bonds is 4. The van der Waals surface area contributed by atoms with Crippen molar-refractivity contribution in [1.82, 2.24) is 14.7 Å². The summed E-state index contributed by atoms with van der Waals surface area (Å²) in [5.74, 6) is -1.04. The minimum atomic E-state index is -4.81. The lowest BCUT2D eigenvalue weighted by atomic mass is 9.94. The highest BCUT2D eigenvalue weighted by molar-refractivity contribution is 7.92. The molecule has 1 aromatic carbocycles. The fourth-order valence-corrected chi connectivity index (χ4v) is 5.53. The molecule has 0 unspecified atom stereocenters. The van der Waals surface area contributed by atoms with E-state index in [1.54, 1.807) is 18.5 Å². The van der Waals surface area contributed by atoms with E-state index in [1.807, 2.05) is 0 Å². The van der Waals surface area contributed by atoms with Gasteiger partial charge in [-0.25, -0.2) is 8.42 Å². The lowest BCUT2D eigenvalue weighted by Gasteiger charge is -2.52. The van der Waals surface area contributed by atoms with Gasteiger partial charge in [0.05, 0.1) is 32.0 Å². The second-order valence-electron chi connectivity index (χ2n) is 7.38. The van der Waals surface area contributed by atoms with Crippen molar-refractivity contribution < 1.29 is 35.9 Å². The molecule has 0 N–H and O–H groups in total. The number of hydrogen-bond donors (Lipinski definition) is 0. The van der Waals surface area contributed by atoms with Gasteiger partial charge in [0.1, 0.15) is 16.6 Å². The van der Waals surface area contributed by atoms with Gasteiger partial charge in [-0.2, -0.15) is 5.10 Å². The van der Waals surface area contributed by atoms with Crippen LogP contribution in [0.25, 0.3) is 0 Å². The predicted molar refractivity (Wildman–Crippen MR) is 97.5 cm³/mol. The maximum atomic E-state index is 12.7. The first-order valence-corrected chi connectivity index (χ1v) is 10.7. The summed E-state index contributed by atoms with van der Waals surface area (Å²) in [5, 5.41) is 3.30. The van der Waals surface area contributed by atoms with E-state index in [1.165, 1.54) is 21.7 Å². The van der Waals surface area contributed by atoms with Crippen LogP contribution in [0.1, 0.15) is 10.4 Å². The van der Waals surface area contributed by atoms with Crippen LogP contribution in [-0.4, -0.2) is 71.7 Å². The number of ether oxygens (including phenoxy) is 2. The van der Waals surface area contributed by atoms with Gasteiger partial charge in [-0.1, -0.05) is 0 Å². The first-order chi connectivity index (χ1) is 14.1. The van der Waals surface area contributed by atoms with Crippen LogP contribution in [0.3, 0.4) is 0 Å². The number of carbonyl (C=O) groups is 1. The largest absolute Gasteiger partial charge is 0.573 e. The molecular weight excluding hydrogens is 427 g/mol. The normalized spacial score (nSPS) is 22.5. The number of hydrogen-bond acceptors (Lipinski definition) is 6. The molecule has 12 heteroatoms. The monoisotopic (exact) mass is 445 g/mol. The first-order valence-electron chi connectivity index (χ1n) is 9.03. The molecule has 2 saturated heterocycles. The van der Waals surface area contributed by atoms with Gasteiger partial charge < -0.3 is 14.4 Å². The number of halogens is 3. The van der Waals surface area contributed by atoms with Crippen LogP contribution in [0, 0.1) is 0 Å². The molecule has 0 bridgehead atoms. The van der Waals surface area contributed by atoms with Crippen molar-refractivity contribution in [1.29, 1.82) is 0 Å². The molecule has 3 heterocycles. The standard InChI is InChI=1S/C18H18F3N3O5S/c19-18(20,21)29-14-4-2-13(3-5-14)16(25)23-10-17(11-23)12-30(26,27)15(9-28-17)8-24-7-1-6-22-24/h1-7,15H,8-12H2/t15-/m0/s1. The Hall–Kier alpha value is -2.60. The first kappa shape index (κ1) is 20.7. The van der Waals surface area contributed by atoms with Crippen molar-refractivity contribution >= 4 is 15.7 Å². The summed E-state index contributed by atoms with van der Waals surface area (Å²) in [5.41, 5.74) is -0.774. The van der Waals surface area contributed by atoms with Gasteiger partial charge in [0.25, 0.3) is 5.91 Å². The third-order valence-electron chi connectivity index (χ3n) is 5.08. The summed E-state index contributed by atoms with van der Waals surface area (Å²) in [7, 11) is -3.45. The molecule has 1 spiro atoms. The highest BCUT2D eigenvalue weighted by atomic mass is 32.2. The zero-order chi connectivity index (χ0) is 21.6. The van der Waals surface area contributed by atoms with E-state index >= 15 is 0 Å². The Morgan fingerprint density at radius 3 is 2.53 bits per heavy atom. The maximum absolute atomic E-state index is 12.7. The van der Waals surface area contributed by atoms with Crippen molar-refractivity contribution in [3.05, 3.63) is 48.3 Å². The molecule has 1 aromatic heterocycles. The molecule has 1 atom stereocenters. The Labute approximate surface area is 170 Å². The Morgan fingerprint density at radius 1 is 1.27 bits per heavy atom. The Bertz CT molecular complexity index is 1020. The van der Waals surface area contributed by atoms with Crippen LogP contribution in [0.2, 0.25) is 0 Å². The van der Waals surface area contributed by atoms with Gasteiger partial charge in [0.2, 0.25) is 0 Å². The van der Waals surface area contributed by atoms with Crippen LogP contribution in [0.15, 0.2) is 42.7 Å². The average Bonchev–Trinajstić information content (AvgIpc) is 3.13. The highest BCUT2D eigenvalue weighted by Gasteiger charge is 2.54. The van der Waals surface area contributed by atoms with Crippen LogP contribution in [0.5, 0.6) is 5.75 Å². The zero-order valence-corrected chi connectivity index (χ0v) is 16.4. The number of carbonyl (C=O) groups excluding carboxylic acids is 1. The SMILES string of the molecule is O=C(c1ccc(OC(F)(F)F)cc1)N1CC2(C1)CS(=O)(=O)[C@@H](Cn1cccn1)CO2. The van der Waals surface area contributed by atoms with Gasteiger partial charge in [-0.3, -0.25) is 9.48 Å². The summed E-state index contributed by atoms with van der Waals surface area (Å²) >= 11 is 0. The zero-order valence-electron chi connectivity index (χ0n) is 15.6. The quantitative estimate of drug-likeness (QED) is 0.709. The van der Waals surface area contributed by atoms with Crippen LogP contribution in [0.4, 0.5) is 13.2 Å². The summed E-state index contributed by atoms with van der Waals surface area (Å²) in [6, 6.07) is 6.27. The number of aromatic nitrogens is 2. The van der Waals surface area contributed by atoms with Crippen LogP contribution < -0.4 is 4.74 Å². The summed E-state index contributed by atoms with van der Waals surface area (Å²) in [6.07, 6.45) is -1.57. The minimum absolute atomic E-state index is 0.00764. The minimum Gasteiger partial charge on any atom is -0.406 e. The molecular formula is C18H18F3N3O5S. The van der Waals surface area contributed by atoms with Crippen molar-refractivity contribution in [3.63, 3.8) is 0 Å². The van der Waals surface area contributed by atoms with Gasteiger partial charge >= 0.3 is 6.36 Å². The molecule has 2 fully saturated rings. The van der Waals surface area contributed by atoms with Gasteiger partial charge in [-0.15, -0.1) is 13.2 Å². The third-order valence-corrected chi connectivity index (χ3v) is 7.31. The average molecular weight is 445 g/mol. The van der Waals surface area contributed by atoms with Crippen molar-refractivity contribution in [2.75, 3.05) is 25.4 Å². The second-order valence-corrected chi connectivity index (χ2v) is 9.67. The lowest BCUT2D eigenvalue weighted by molar-refractivity contribution is -0.274. The molecule has 1 amide bonds. The van der Waals surface area contributed by atoms with Gasteiger partial charge in [-0.05, 0) is 30.3 Å². The van der Waals surface area contributed by atoms with Crippen LogP contribution in [-0.2, 0) is 21.1 Å². The fourth-order valence-electron chi connectivity index (χ4n) is 3.64. The summed E-state index contributed by atoms with van der Waals surface area (Å²) < 4.78 is 73.2. The number of sulfone groups is 1. The Morgan fingerprint density at radius 2 is 1.97 bits per heavy atom. The van der Waals surface area contributed by atoms with Gasteiger partial charge in [0, 0.05) is 18.0 Å². The second kappa shape index (κ2) is 7.27. The molecule has 30 heavy (non-hydrogen) atoms. The Balaban J connectivity index is 1.35. The fraction of sp³-hybridized carbons (Fsp3) is 0.444. The molecule has 0 radical (unpaired) electrons. The molecule has 8 nitrogen and oxygen atoms in total. The molecule has 4 rings (SSSR count). The number of alkyl halides is 3. The highest BCUT2D eigenvalue weighted by Crippen LogP contribution is 2.34. The number of nitrogens with zero attached hydrogens (tertiary/aromatic N) is 3. The smallest absolute Gasteiger partial charge is 0.406 e. The van der Waals surface area contributed by atoms with E-state index in [0.717, 1.165) is 12.1 Å². The Kier molecular flexibility index (Phi) is 5.01. The molecule has 2 aliphatic heterocycles. The molecule has 2 aliphatic rings. The molecule has 0 saturated carbocycles. The van der Waals surface area contributed by atoms with E-state index in [0.29, 0.717) is 0 Å². The van der Waals surface area contributed by atoms with E-state index in [9.17, 15) is 26.4 Å². The molecule has 0 aliphatic carbocycles. The number of amides is 1. The lowest BCUT2D eigenvalue weighted by Crippen LogP contribution is -2.70. The van der Waals surface area contributed by atoms with Crippen molar-refractivity contribution in [2.45, 2.75) is 23.8 Å².